The second-order valence-corrected chi connectivity index (χ2v) is 9.13. The van der Waals surface area contributed by atoms with Gasteiger partial charge in [0, 0.05) is 12.4 Å². The number of aromatic hydroxyl groups is 1. The number of phenols is 1. The highest BCUT2D eigenvalue weighted by atomic mass is 16.7. The Morgan fingerprint density at radius 1 is 0.658 bits per heavy atom. The lowest BCUT2D eigenvalue weighted by molar-refractivity contribution is 0.00321. The normalized spacial score (nSPS) is 13.1. The molecule has 0 spiro atoms. The van der Waals surface area contributed by atoms with Gasteiger partial charge in [0.2, 0.25) is 0 Å². The van der Waals surface area contributed by atoms with Crippen molar-refractivity contribution >= 4 is 5.69 Å². The van der Waals surface area contributed by atoms with Crippen molar-refractivity contribution in [3.63, 3.8) is 0 Å². The molecule has 0 atom stereocenters. The molecule has 0 saturated heterocycles. The van der Waals surface area contributed by atoms with Crippen LogP contribution in [0.1, 0.15) is 22.4 Å². The largest absolute Gasteiger partial charge is 0.506 e. The molecule has 1 N–H and O–H groups in total. The summed E-state index contributed by atoms with van der Waals surface area (Å²) in [6.07, 6.45) is 5.60. The predicted octanol–water partition coefficient (Wildman–Crippen LogP) is 6.71. The molecule has 38 heavy (non-hydrogen) atoms. The van der Waals surface area contributed by atoms with Crippen LogP contribution < -0.4 is 9.74 Å². The van der Waals surface area contributed by atoms with Gasteiger partial charge in [0.15, 0.2) is 5.75 Å². The topological polar surface area (TPSA) is 48.8 Å². The van der Waals surface area contributed by atoms with E-state index in [1.54, 1.807) is 11.1 Å². The Morgan fingerprint density at radius 2 is 1.32 bits per heavy atom. The van der Waals surface area contributed by atoms with Gasteiger partial charge in [-0.15, -0.1) is 0 Å². The Bertz CT molecular complexity index is 1440. The van der Waals surface area contributed by atoms with Gasteiger partial charge in [0.05, 0.1) is 23.0 Å². The third-order valence-corrected chi connectivity index (χ3v) is 6.85. The number of pyridine rings is 1. The van der Waals surface area contributed by atoms with Gasteiger partial charge in [-0.1, -0.05) is 91.0 Å². The first kappa shape index (κ1) is 23.4. The van der Waals surface area contributed by atoms with Crippen molar-refractivity contribution in [1.82, 2.24) is 10.0 Å². The monoisotopic (exact) mass is 497 g/mol. The zero-order chi connectivity index (χ0) is 25.8. The number of para-hydroxylation sites is 2. The average molecular weight is 498 g/mol. The SMILES string of the molecule is Oc1ccccc1N1C=CN(Oc2cccc(C(c3ccccc3)(c3ccccc3)c3ccccn3)c2)C1. The molecule has 5 aromatic rings. The summed E-state index contributed by atoms with van der Waals surface area (Å²) in [6, 6.07) is 42.5. The van der Waals surface area contributed by atoms with Crippen LogP contribution >= 0.6 is 0 Å². The summed E-state index contributed by atoms with van der Waals surface area (Å²) in [5.41, 5.74) is 4.30. The van der Waals surface area contributed by atoms with Crippen molar-refractivity contribution in [3.8, 4) is 11.5 Å². The fourth-order valence-electron chi connectivity index (χ4n) is 5.15. The standard InChI is InChI=1S/C33H27N3O2/c37-31-19-8-7-18-30(31)35-22-23-36(25-35)38-29-17-11-16-28(24-29)33(26-12-3-1-4-13-26,27-14-5-2-6-15-27)32-20-9-10-21-34-32/h1-24,37H,25H2. The molecule has 5 nitrogen and oxygen atoms in total. The minimum atomic E-state index is -0.647. The Morgan fingerprint density at radius 3 is 2.00 bits per heavy atom. The van der Waals surface area contributed by atoms with Gasteiger partial charge >= 0.3 is 0 Å². The van der Waals surface area contributed by atoms with Gasteiger partial charge in [-0.25, -0.2) is 0 Å². The third-order valence-electron chi connectivity index (χ3n) is 6.85. The van der Waals surface area contributed by atoms with E-state index in [0.29, 0.717) is 12.4 Å². The summed E-state index contributed by atoms with van der Waals surface area (Å²) >= 11 is 0. The number of hydrogen-bond acceptors (Lipinski definition) is 5. The van der Waals surface area contributed by atoms with E-state index >= 15 is 0 Å². The van der Waals surface area contributed by atoms with E-state index in [1.807, 2.05) is 78.1 Å². The molecular weight excluding hydrogens is 470 g/mol. The molecule has 0 amide bonds. The Balaban J connectivity index is 1.41. The molecule has 0 fully saturated rings. The van der Waals surface area contributed by atoms with Gasteiger partial charge in [-0.05, 0) is 53.1 Å². The van der Waals surface area contributed by atoms with Gasteiger partial charge in [0.1, 0.15) is 12.4 Å². The minimum Gasteiger partial charge on any atom is -0.506 e. The number of anilines is 1. The lowest BCUT2D eigenvalue weighted by Gasteiger charge is -2.35. The smallest absolute Gasteiger partial charge is 0.155 e. The van der Waals surface area contributed by atoms with Crippen molar-refractivity contribution in [1.29, 1.82) is 0 Å². The third kappa shape index (κ3) is 4.24. The Kier molecular flexibility index (Phi) is 6.24. The molecule has 0 bridgehead atoms. The van der Waals surface area contributed by atoms with Gasteiger partial charge in [0.25, 0.3) is 0 Å². The molecule has 1 aliphatic rings. The summed E-state index contributed by atoms with van der Waals surface area (Å²) < 4.78 is 0. The van der Waals surface area contributed by atoms with E-state index in [9.17, 15) is 5.11 Å². The van der Waals surface area contributed by atoms with Crippen LogP contribution in [-0.4, -0.2) is 21.8 Å². The lowest BCUT2D eigenvalue weighted by Crippen LogP contribution is -2.32. The molecule has 6 rings (SSSR count). The van der Waals surface area contributed by atoms with Crippen LogP contribution in [0, 0.1) is 0 Å². The molecule has 5 heteroatoms. The summed E-state index contributed by atoms with van der Waals surface area (Å²) in [5, 5.41) is 12.0. The highest BCUT2D eigenvalue weighted by molar-refractivity contribution is 5.60. The number of hydrogen-bond donors (Lipinski definition) is 1. The van der Waals surface area contributed by atoms with E-state index in [1.165, 1.54) is 0 Å². The average Bonchev–Trinajstić information content (AvgIpc) is 3.44. The van der Waals surface area contributed by atoms with Crippen molar-refractivity contribution < 1.29 is 9.94 Å². The second-order valence-electron chi connectivity index (χ2n) is 9.13. The van der Waals surface area contributed by atoms with Gasteiger partial charge in [-0.2, -0.15) is 5.06 Å². The van der Waals surface area contributed by atoms with Crippen LogP contribution in [0.3, 0.4) is 0 Å². The minimum absolute atomic E-state index is 0.229. The number of aromatic nitrogens is 1. The van der Waals surface area contributed by atoms with E-state index in [0.717, 1.165) is 28.1 Å². The number of nitrogens with zero attached hydrogens (tertiary/aromatic N) is 3. The van der Waals surface area contributed by atoms with Gasteiger partial charge < -0.3 is 14.8 Å². The van der Waals surface area contributed by atoms with E-state index in [4.69, 9.17) is 9.82 Å². The molecule has 186 valence electrons. The molecule has 0 unspecified atom stereocenters. The summed E-state index contributed by atoms with van der Waals surface area (Å²) in [6.45, 7) is 0.449. The molecule has 4 aromatic carbocycles. The van der Waals surface area contributed by atoms with Crippen LogP contribution in [0.25, 0.3) is 0 Å². The number of phenolic OH excluding ortho intramolecular Hbond substituents is 1. The van der Waals surface area contributed by atoms with Crippen LogP contribution in [0.5, 0.6) is 11.5 Å². The first-order valence-corrected chi connectivity index (χ1v) is 12.6. The highest BCUT2D eigenvalue weighted by Crippen LogP contribution is 2.45. The molecule has 2 heterocycles. The first-order chi connectivity index (χ1) is 18.7. The second kappa shape index (κ2) is 10.1. The summed E-state index contributed by atoms with van der Waals surface area (Å²) in [4.78, 5) is 13.1. The summed E-state index contributed by atoms with van der Waals surface area (Å²) in [7, 11) is 0. The molecule has 1 aliphatic heterocycles. The highest BCUT2D eigenvalue weighted by Gasteiger charge is 2.39. The fourth-order valence-corrected chi connectivity index (χ4v) is 5.15. The fraction of sp³-hybridized carbons (Fsp3) is 0.0606. The summed E-state index contributed by atoms with van der Waals surface area (Å²) in [5.74, 6) is 0.935. The zero-order valence-corrected chi connectivity index (χ0v) is 20.8. The molecule has 0 aliphatic carbocycles. The molecule has 1 aromatic heterocycles. The Hall–Kier alpha value is -5.03. The van der Waals surface area contributed by atoms with Crippen LogP contribution in [-0.2, 0) is 5.41 Å². The maximum atomic E-state index is 10.3. The molecule has 0 radical (unpaired) electrons. The van der Waals surface area contributed by atoms with E-state index < -0.39 is 5.41 Å². The van der Waals surface area contributed by atoms with Crippen LogP contribution in [0.15, 0.2) is 146 Å². The maximum Gasteiger partial charge on any atom is 0.155 e. The van der Waals surface area contributed by atoms with E-state index in [2.05, 4.69) is 66.7 Å². The number of rotatable bonds is 7. The first-order valence-electron chi connectivity index (χ1n) is 12.6. The molecule has 0 saturated carbocycles. The zero-order valence-electron chi connectivity index (χ0n) is 20.8. The van der Waals surface area contributed by atoms with Crippen LogP contribution in [0.2, 0.25) is 0 Å². The number of benzene rings is 4. The van der Waals surface area contributed by atoms with Crippen molar-refractivity contribution in [2.75, 3.05) is 11.6 Å². The number of hydroxylamine groups is 2. The van der Waals surface area contributed by atoms with E-state index in [-0.39, 0.29) is 5.75 Å². The molecular formula is C33H27N3O2. The van der Waals surface area contributed by atoms with Gasteiger partial charge in [-0.3, -0.25) is 4.98 Å². The van der Waals surface area contributed by atoms with Crippen molar-refractivity contribution in [2.24, 2.45) is 0 Å². The van der Waals surface area contributed by atoms with Crippen molar-refractivity contribution in [2.45, 2.75) is 5.41 Å². The quantitative estimate of drug-likeness (QED) is 0.253. The lowest BCUT2D eigenvalue weighted by atomic mass is 9.67. The maximum absolute atomic E-state index is 10.3. The van der Waals surface area contributed by atoms with Crippen molar-refractivity contribution in [3.05, 3.63) is 168 Å². The van der Waals surface area contributed by atoms with Crippen LogP contribution in [0.4, 0.5) is 5.69 Å². The predicted molar refractivity (Wildman–Crippen MR) is 150 cm³/mol. The Labute approximate surface area is 222 Å².